The minimum atomic E-state index is -0.537. The zero-order valence-electron chi connectivity index (χ0n) is 9.60. The molecule has 2 nitrogen and oxygen atoms in total. The van der Waals surface area contributed by atoms with Crippen LogP contribution in [0.4, 0.5) is 25.8 Å². The Kier molecular flexibility index (Phi) is 3.52. The van der Waals surface area contributed by atoms with Crippen molar-refractivity contribution in [2.24, 2.45) is 0 Å². The van der Waals surface area contributed by atoms with Crippen LogP contribution in [0.3, 0.4) is 0 Å². The van der Waals surface area contributed by atoms with Crippen LogP contribution in [0.25, 0.3) is 0 Å². The first-order chi connectivity index (χ1) is 8.47. The number of nitrogens with one attached hydrogen (secondary N) is 1. The second-order valence-electron chi connectivity index (χ2n) is 3.95. The smallest absolute Gasteiger partial charge is 0.147 e. The van der Waals surface area contributed by atoms with E-state index < -0.39 is 11.6 Å². The fraction of sp³-hybridized carbons (Fsp3) is 0.0769. The van der Waals surface area contributed by atoms with Crippen molar-refractivity contribution in [3.63, 3.8) is 0 Å². The number of nitrogen functional groups attached to an aromatic ring is 1. The van der Waals surface area contributed by atoms with Crippen LogP contribution in [0.5, 0.6) is 0 Å². The number of aryl methyl sites for hydroxylation is 1. The Morgan fingerprint density at radius 2 is 1.78 bits per heavy atom. The SMILES string of the molecule is Cc1ccc(N)cc1Nc1cc(F)c(Br)cc1F. The lowest BCUT2D eigenvalue weighted by molar-refractivity contribution is 0.598. The lowest BCUT2D eigenvalue weighted by Gasteiger charge is -2.11. The molecule has 0 aliphatic carbocycles. The van der Waals surface area contributed by atoms with Gasteiger partial charge in [-0.2, -0.15) is 0 Å². The Bertz CT molecular complexity index is 600. The van der Waals surface area contributed by atoms with Gasteiger partial charge in [-0.1, -0.05) is 6.07 Å². The summed E-state index contributed by atoms with van der Waals surface area (Å²) in [7, 11) is 0. The van der Waals surface area contributed by atoms with Crippen molar-refractivity contribution in [3.8, 4) is 0 Å². The highest BCUT2D eigenvalue weighted by Gasteiger charge is 2.09. The molecule has 0 aliphatic heterocycles. The molecule has 0 unspecified atom stereocenters. The van der Waals surface area contributed by atoms with Gasteiger partial charge in [0, 0.05) is 17.4 Å². The number of nitrogens with two attached hydrogens (primary N) is 1. The molecule has 0 atom stereocenters. The maximum Gasteiger partial charge on any atom is 0.147 e. The van der Waals surface area contributed by atoms with Crippen molar-refractivity contribution >= 4 is 33.0 Å². The van der Waals surface area contributed by atoms with E-state index in [0.29, 0.717) is 11.4 Å². The summed E-state index contributed by atoms with van der Waals surface area (Å²) in [6.07, 6.45) is 0. The van der Waals surface area contributed by atoms with Crippen LogP contribution in [-0.2, 0) is 0 Å². The van der Waals surface area contributed by atoms with Gasteiger partial charge < -0.3 is 11.1 Å². The Morgan fingerprint density at radius 3 is 2.50 bits per heavy atom. The summed E-state index contributed by atoms with van der Waals surface area (Å²) in [6.45, 7) is 1.86. The standard InChI is InChI=1S/C13H11BrF2N2/c1-7-2-3-8(17)4-12(7)18-13-6-10(15)9(14)5-11(13)16/h2-6,18H,17H2,1H3. The maximum atomic E-state index is 13.7. The first kappa shape index (κ1) is 12.8. The largest absolute Gasteiger partial charge is 0.399 e. The molecule has 2 aromatic rings. The summed E-state index contributed by atoms with van der Waals surface area (Å²) in [6, 6.07) is 7.42. The van der Waals surface area contributed by atoms with Crippen LogP contribution in [0.2, 0.25) is 0 Å². The van der Waals surface area contributed by atoms with Crippen LogP contribution >= 0.6 is 15.9 Å². The molecule has 0 aliphatic rings. The Hall–Kier alpha value is -1.62. The molecule has 2 rings (SSSR count). The molecular formula is C13H11BrF2N2. The summed E-state index contributed by atoms with van der Waals surface area (Å²) in [5.74, 6) is -1.06. The predicted octanol–water partition coefficient (Wildman–Crippen LogP) is 4.36. The van der Waals surface area contributed by atoms with Gasteiger partial charge in [-0.25, -0.2) is 8.78 Å². The average Bonchev–Trinajstić information content (AvgIpc) is 2.30. The van der Waals surface area contributed by atoms with Crippen LogP contribution in [-0.4, -0.2) is 0 Å². The second kappa shape index (κ2) is 4.94. The highest BCUT2D eigenvalue weighted by Crippen LogP contribution is 2.28. The second-order valence-corrected chi connectivity index (χ2v) is 4.80. The number of rotatable bonds is 2. The maximum absolute atomic E-state index is 13.7. The van der Waals surface area contributed by atoms with E-state index in [2.05, 4.69) is 21.2 Å². The molecule has 3 N–H and O–H groups in total. The van der Waals surface area contributed by atoms with Gasteiger partial charge in [0.25, 0.3) is 0 Å². The molecule has 0 bridgehead atoms. The molecule has 18 heavy (non-hydrogen) atoms. The van der Waals surface area contributed by atoms with Crippen molar-refractivity contribution in [3.05, 3.63) is 52.0 Å². The van der Waals surface area contributed by atoms with Crippen LogP contribution < -0.4 is 11.1 Å². The third kappa shape index (κ3) is 2.61. The third-order valence-corrected chi connectivity index (χ3v) is 3.15. The first-order valence-corrected chi connectivity index (χ1v) is 6.04. The summed E-state index contributed by atoms with van der Waals surface area (Å²) in [5, 5.41) is 2.83. The van der Waals surface area contributed by atoms with Gasteiger partial charge in [-0.05, 0) is 46.6 Å². The molecule has 0 radical (unpaired) electrons. The molecule has 0 saturated heterocycles. The van der Waals surface area contributed by atoms with E-state index in [1.807, 2.05) is 13.0 Å². The molecule has 0 amide bonds. The molecule has 2 aromatic carbocycles. The topological polar surface area (TPSA) is 38.0 Å². The lowest BCUT2D eigenvalue weighted by Crippen LogP contribution is -1.98. The zero-order valence-corrected chi connectivity index (χ0v) is 11.2. The van der Waals surface area contributed by atoms with Gasteiger partial charge in [0.2, 0.25) is 0 Å². The molecule has 0 fully saturated rings. The monoisotopic (exact) mass is 312 g/mol. The molecule has 0 spiro atoms. The Labute approximate surface area is 112 Å². The van der Waals surface area contributed by atoms with E-state index >= 15 is 0 Å². The van der Waals surface area contributed by atoms with Crippen LogP contribution in [0, 0.1) is 18.6 Å². The van der Waals surface area contributed by atoms with Gasteiger partial charge in [0.15, 0.2) is 0 Å². The first-order valence-electron chi connectivity index (χ1n) is 5.25. The number of anilines is 3. The van der Waals surface area contributed by atoms with Gasteiger partial charge in [0.1, 0.15) is 11.6 Å². The summed E-state index contributed by atoms with van der Waals surface area (Å²) in [5.41, 5.74) is 7.83. The van der Waals surface area contributed by atoms with Crippen molar-refractivity contribution in [2.45, 2.75) is 6.92 Å². The summed E-state index contributed by atoms with van der Waals surface area (Å²) >= 11 is 2.93. The van der Waals surface area contributed by atoms with E-state index in [0.717, 1.165) is 17.7 Å². The number of benzene rings is 2. The molecule has 0 saturated carbocycles. The van der Waals surface area contributed by atoms with Gasteiger partial charge >= 0.3 is 0 Å². The van der Waals surface area contributed by atoms with E-state index in [4.69, 9.17) is 5.73 Å². The van der Waals surface area contributed by atoms with E-state index in [1.54, 1.807) is 12.1 Å². The average molecular weight is 313 g/mol. The van der Waals surface area contributed by atoms with E-state index in [-0.39, 0.29) is 10.2 Å². The van der Waals surface area contributed by atoms with Crippen LogP contribution in [0.1, 0.15) is 5.56 Å². The number of halogens is 3. The fourth-order valence-corrected chi connectivity index (χ4v) is 1.85. The minimum Gasteiger partial charge on any atom is -0.399 e. The number of hydrogen-bond acceptors (Lipinski definition) is 2. The van der Waals surface area contributed by atoms with E-state index in [1.165, 1.54) is 0 Å². The molecule has 0 heterocycles. The van der Waals surface area contributed by atoms with Gasteiger partial charge in [0.05, 0.1) is 10.2 Å². The highest BCUT2D eigenvalue weighted by molar-refractivity contribution is 9.10. The van der Waals surface area contributed by atoms with Gasteiger partial charge in [-0.15, -0.1) is 0 Å². The molecule has 5 heteroatoms. The van der Waals surface area contributed by atoms with Crippen molar-refractivity contribution in [1.82, 2.24) is 0 Å². The zero-order chi connectivity index (χ0) is 13.3. The van der Waals surface area contributed by atoms with Gasteiger partial charge in [-0.3, -0.25) is 0 Å². The lowest BCUT2D eigenvalue weighted by atomic mass is 10.1. The Morgan fingerprint density at radius 1 is 1.06 bits per heavy atom. The predicted molar refractivity (Wildman–Crippen MR) is 72.9 cm³/mol. The van der Waals surface area contributed by atoms with Crippen molar-refractivity contribution < 1.29 is 8.78 Å². The molecular weight excluding hydrogens is 302 g/mol. The summed E-state index contributed by atoms with van der Waals surface area (Å²) in [4.78, 5) is 0. The Balaban J connectivity index is 2.40. The third-order valence-electron chi connectivity index (χ3n) is 2.54. The van der Waals surface area contributed by atoms with Crippen molar-refractivity contribution in [1.29, 1.82) is 0 Å². The fourth-order valence-electron chi connectivity index (χ4n) is 1.54. The summed E-state index contributed by atoms with van der Waals surface area (Å²) < 4.78 is 27.1. The highest BCUT2D eigenvalue weighted by atomic mass is 79.9. The van der Waals surface area contributed by atoms with Crippen molar-refractivity contribution in [2.75, 3.05) is 11.1 Å². The number of hydrogen-bond donors (Lipinski definition) is 2. The quantitative estimate of drug-likeness (QED) is 0.638. The molecule has 0 aromatic heterocycles. The van der Waals surface area contributed by atoms with E-state index in [9.17, 15) is 8.78 Å². The van der Waals surface area contributed by atoms with Crippen LogP contribution in [0.15, 0.2) is 34.8 Å². The minimum absolute atomic E-state index is 0.0735. The molecule has 94 valence electrons. The normalized spacial score (nSPS) is 10.4.